The molecule has 3 rings (SSSR count). The number of hydrogen-bond donors (Lipinski definition) is 2. The number of rotatable bonds is 4. The number of nitrogens with one attached hydrogen (secondary N) is 1. The molecule has 0 atom stereocenters. The van der Waals surface area contributed by atoms with Crippen LogP contribution in [0.25, 0.3) is 11.1 Å². The molecule has 2 aromatic rings. The molecule has 6 heteroatoms. The van der Waals surface area contributed by atoms with Gasteiger partial charge in [-0.05, 0) is 6.07 Å². The fraction of sp³-hybridized carbons (Fsp3) is 0.400. The van der Waals surface area contributed by atoms with Gasteiger partial charge >= 0.3 is 0 Å². The van der Waals surface area contributed by atoms with Crippen LogP contribution in [0, 0.1) is 0 Å². The summed E-state index contributed by atoms with van der Waals surface area (Å²) in [5, 5.41) is 6.69. The van der Waals surface area contributed by atoms with Gasteiger partial charge in [0.05, 0.1) is 26.5 Å². The predicted molar refractivity (Wildman–Crippen MR) is 79.5 cm³/mol. The van der Waals surface area contributed by atoms with E-state index in [9.17, 15) is 0 Å². The molecule has 2 heterocycles. The van der Waals surface area contributed by atoms with E-state index in [-0.39, 0.29) is 6.10 Å². The van der Waals surface area contributed by atoms with Crippen molar-refractivity contribution >= 4 is 5.82 Å². The number of nitrogens with zero attached hydrogens (tertiary/aromatic N) is 1. The maximum absolute atomic E-state index is 6.08. The topological polar surface area (TPSA) is 82.4 Å². The molecule has 1 saturated heterocycles. The second-order valence-electron chi connectivity index (χ2n) is 4.96. The van der Waals surface area contributed by atoms with Gasteiger partial charge in [0.1, 0.15) is 11.9 Å². The largest absolute Gasteiger partial charge is 0.492 e. The summed E-state index contributed by atoms with van der Waals surface area (Å²) in [7, 11) is 1.63. The summed E-state index contributed by atoms with van der Waals surface area (Å²) >= 11 is 0. The van der Waals surface area contributed by atoms with Crippen molar-refractivity contribution in [3.8, 4) is 22.6 Å². The van der Waals surface area contributed by atoms with E-state index in [0.29, 0.717) is 11.6 Å². The van der Waals surface area contributed by atoms with Crippen LogP contribution in [0.3, 0.4) is 0 Å². The van der Waals surface area contributed by atoms with Crippen molar-refractivity contribution in [3.05, 3.63) is 24.4 Å². The van der Waals surface area contributed by atoms with Crippen LogP contribution < -0.4 is 15.2 Å². The van der Waals surface area contributed by atoms with Crippen molar-refractivity contribution < 1.29 is 14.2 Å². The van der Waals surface area contributed by atoms with Gasteiger partial charge in [-0.25, -0.2) is 0 Å². The smallest absolute Gasteiger partial charge is 0.168 e. The highest BCUT2D eigenvalue weighted by Gasteiger charge is 2.20. The van der Waals surface area contributed by atoms with Gasteiger partial charge in [0.25, 0.3) is 0 Å². The first kappa shape index (κ1) is 13.8. The standard InChI is InChI=1S/C15H19N3O3/c1-19-14-11(12-9-17-18-15(12)16)3-2-4-13(14)21-10-5-7-20-8-6-10/h2-4,9-10H,5-8H2,1H3,(H3,16,17,18). The Morgan fingerprint density at radius 1 is 1.29 bits per heavy atom. The van der Waals surface area contributed by atoms with Crippen LogP contribution in [0.4, 0.5) is 5.82 Å². The van der Waals surface area contributed by atoms with E-state index < -0.39 is 0 Å². The number of aromatic nitrogens is 2. The minimum atomic E-state index is 0.157. The zero-order valence-electron chi connectivity index (χ0n) is 12.0. The summed E-state index contributed by atoms with van der Waals surface area (Å²) in [6.07, 6.45) is 3.62. The lowest BCUT2D eigenvalue weighted by Crippen LogP contribution is -2.26. The Labute approximate surface area is 123 Å². The first-order valence-electron chi connectivity index (χ1n) is 7.00. The normalized spacial score (nSPS) is 15.9. The van der Waals surface area contributed by atoms with Crippen molar-refractivity contribution in [2.75, 3.05) is 26.1 Å². The molecule has 0 saturated carbocycles. The molecule has 1 aromatic heterocycles. The highest BCUT2D eigenvalue weighted by atomic mass is 16.5. The maximum atomic E-state index is 6.08. The van der Waals surface area contributed by atoms with Crippen LogP contribution in [0.1, 0.15) is 12.8 Å². The van der Waals surface area contributed by atoms with Gasteiger partial charge in [0.2, 0.25) is 0 Å². The Morgan fingerprint density at radius 3 is 2.76 bits per heavy atom. The van der Waals surface area contributed by atoms with Crippen LogP contribution >= 0.6 is 0 Å². The molecule has 0 unspecified atom stereocenters. The number of methoxy groups -OCH3 is 1. The Kier molecular flexibility index (Phi) is 3.96. The van der Waals surface area contributed by atoms with E-state index in [1.807, 2.05) is 18.2 Å². The molecule has 1 aliphatic heterocycles. The number of benzene rings is 1. The van der Waals surface area contributed by atoms with Crippen LogP contribution in [-0.4, -0.2) is 36.6 Å². The summed E-state index contributed by atoms with van der Waals surface area (Å²) in [5.41, 5.74) is 7.58. The summed E-state index contributed by atoms with van der Waals surface area (Å²) in [4.78, 5) is 0. The van der Waals surface area contributed by atoms with Crippen LogP contribution in [0.5, 0.6) is 11.5 Å². The molecule has 0 bridgehead atoms. The SMILES string of the molecule is COc1c(OC2CCOCC2)cccc1-c1cn[nH]c1N. The molecule has 112 valence electrons. The third-order valence-electron chi connectivity index (χ3n) is 3.60. The molecule has 6 nitrogen and oxygen atoms in total. The lowest BCUT2D eigenvalue weighted by atomic mass is 10.1. The van der Waals surface area contributed by atoms with Gasteiger partial charge in [-0.3, -0.25) is 5.10 Å². The van der Waals surface area contributed by atoms with E-state index in [0.717, 1.165) is 42.9 Å². The van der Waals surface area contributed by atoms with Crippen LogP contribution in [-0.2, 0) is 4.74 Å². The number of H-pyrrole nitrogens is 1. The molecule has 3 N–H and O–H groups in total. The van der Waals surface area contributed by atoms with Crippen molar-refractivity contribution in [1.82, 2.24) is 10.2 Å². The second kappa shape index (κ2) is 6.05. The third-order valence-corrected chi connectivity index (χ3v) is 3.60. The highest BCUT2D eigenvalue weighted by molar-refractivity contribution is 5.80. The van der Waals surface area contributed by atoms with Crippen molar-refractivity contribution in [2.24, 2.45) is 0 Å². The Balaban J connectivity index is 1.92. The number of nitrogens with two attached hydrogens (primary N) is 1. The fourth-order valence-corrected chi connectivity index (χ4v) is 2.52. The number of hydrogen-bond acceptors (Lipinski definition) is 5. The van der Waals surface area contributed by atoms with Crippen molar-refractivity contribution in [1.29, 1.82) is 0 Å². The molecule has 0 spiro atoms. The van der Waals surface area contributed by atoms with Crippen molar-refractivity contribution in [2.45, 2.75) is 18.9 Å². The fourth-order valence-electron chi connectivity index (χ4n) is 2.52. The molecule has 0 aliphatic carbocycles. The van der Waals surface area contributed by atoms with E-state index in [2.05, 4.69) is 10.2 Å². The van der Waals surface area contributed by atoms with Gasteiger partial charge in [0.15, 0.2) is 11.5 Å². The lowest BCUT2D eigenvalue weighted by molar-refractivity contribution is 0.0246. The molecule has 21 heavy (non-hydrogen) atoms. The van der Waals surface area contributed by atoms with Gasteiger partial charge in [-0.1, -0.05) is 12.1 Å². The molecule has 0 radical (unpaired) electrons. The lowest BCUT2D eigenvalue weighted by Gasteiger charge is -2.24. The Hall–Kier alpha value is -2.21. The van der Waals surface area contributed by atoms with Gasteiger partial charge in [-0.2, -0.15) is 5.10 Å². The minimum Gasteiger partial charge on any atom is -0.492 e. The predicted octanol–water partition coefficient (Wildman–Crippen LogP) is 2.23. The highest BCUT2D eigenvalue weighted by Crippen LogP contribution is 2.40. The molecular weight excluding hydrogens is 270 g/mol. The number of para-hydroxylation sites is 1. The summed E-state index contributed by atoms with van der Waals surface area (Å²) < 4.78 is 17.0. The first-order valence-corrected chi connectivity index (χ1v) is 7.00. The first-order chi connectivity index (χ1) is 10.3. The summed E-state index contributed by atoms with van der Waals surface area (Å²) in [5.74, 6) is 1.91. The molecular formula is C15H19N3O3. The van der Waals surface area contributed by atoms with Gasteiger partial charge < -0.3 is 19.9 Å². The maximum Gasteiger partial charge on any atom is 0.168 e. The van der Waals surface area contributed by atoms with E-state index in [4.69, 9.17) is 19.9 Å². The Bertz CT molecular complexity index is 606. The number of ether oxygens (including phenoxy) is 3. The molecule has 1 aromatic carbocycles. The number of nitrogen functional groups attached to an aromatic ring is 1. The molecule has 1 aliphatic rings. The van der Waals surface area contributed by atoms with Gasteiger partial charge in [-0.15, -0.1) is 0 Å². The Morgan fingerprint density at radius 2 is 2.10 bits per heavy atom. The number of aromatic amines is 1. The van der Waals surface area contributed by atoms with E-state index in [1.165, 1.54) is 0 Å². The summed E-state index contributed by atoms with van der Waals surface area (Å²) in [6, 6.07) is 5.78. The van der Waals surface area contributed by atoms with E-state index >= 15 is 0 Å². The molecule has 0 amide bonds. The van der Waals surface area contributed by atoms with E-state index in [1.54, 1.807) is 13.3 Å². The quantitative estimate of drug-likeness (QED) is 0.902. The second-order valence-corrected chi connectivity index (χ2v) is 4.96. The zero-order chi connectivity index (χ0) is 14.7. The monoisotopic (exact) mass is 289 g/mol. The molecule has 1 fully saturated rings. The van der Waals surface area contributed by atoms with Crippen LogP contribution in [0.2, 0.25) is 0 Å². The third kappa shape index (κ3) is 2.80. The minimum absolute atomic E-state index is 0.157. The van der Waals surface area contributed by atoms with Gasteiger partial charge in [0, 0.05) is 24.0 Å². The van der Waals surface area contributed by atoms with Crippen LogP contribution in [0.15, 0.2) is 24.4 Å². The average Bonchev–Trinajstić information content (AvgIpc) is 2.94. The number of anilines is 1. The average molecular weight is 289 g/mol. The summed E-state index contributed by atoms with van der Waals surface area (Å²) in [6.45, 7) is 1.47. The van der Waals surface area contributed by atoms with Crippen molar-refractivity contribution in [3.63, 3.8) is 0 Å². The zero-order valence-corrected chi connectivity index (χ0v) is 12.0.